The number of fused-ring (bicyclic) bond motifs is 1. The van der Waals surface area contributed by atoms with E-state index in [9.17, 15) is 9.90 Å². The van der Waals surface area contributed by atoms with Gasteiger partial charge in [-0.25, -0.2) is 0 Å². The topological polar surface area (TPSA) is 84.8 Å². The van der Waals surface area contributed by atoms with Crippen molar-refractivity contribution in [3.8, 4) is 0 Å². The standard InChI is InChI=1S/C23H31N3O4/c1-13-11-20(30-6)18(22(27)25-13)12-24-23(28)21-15(3)26(14(2)16(4)29-5)19-10-8-7-9-17(19)21/h7-11,14,16,22,25,27H,12H2,1-6H3,(H,24,28). The highest BCUT2D eigenvalue weighted by molar-refractivity contribution is 6.08. The number of nitrogens with zero attached hydrogens (tertiary/aromatic N) is 1. The number of nitrogens with one attached hydrogen (secondary N) is 2. The largest absolute Gasteiger partial charge is 0.496 e. The van der Waals surface area contributed by atoms with Crippen molar-refractivity contribution in [3.63, 3.8) is 0 Å². The van der Waals surface area contributed by atoms with Crippen molar-refractivity contribution < 1.29 is 19.4 Å². The van der Waals surface area contributed by atoms with Gasteiger partial charge < -0.3 is 29.8 Å². The Morgan fingerprint density at radius 2 is 1.97 bits per heavy atom. The van der Waals surface area contributed by atoms with Crippen molar-refractivity contribution in [2.24, 2.45) is 0 Å². The van der Waals surface area contributed by atoms with Crippen LogP contribution >= 0.6 is 0 Å². The first-order valence-corrected chi connectivity index (χ1v) is 10.1. The lowest BCUT2D eigenvalue weighted by Crippen LogP contribution is -2.39. The van der Waals surface area contributed by atoms with Gasteiger partial charge >= 0.3 is 0 Å². The van der Waals surface area contributed by atoms with Gasteiger partial charge in [-0.3, -0.25) is 4.79 Å². The predicted octanol–water partition coefficient (Wildman–Crippen LogP) is 3.00. The maximum Gasteiger partial charge on any atom is 0.253 e. The van der Waals surface area contributed by atoms with Gasteiger partial charge in [-0.2, -0.15) is 0 Å². The minimum atomic E-state index is -0.907. The summed E-state index contributed by atoms with van der Waals surface area (Å²) < 4.78 is 13.1. The Balaban J connectivity index is 1.95. The number of dihydropyridines is 1. The van der Waals surface area contributed by atoms with Gasteiger partial charge in [0.05, 0.1) is 24.8 Å². The summed E-state index contributed by atoms with van der Waals surface area (Å²) in [5.41, 5.74) is 3.88. The van der Waals surface area contributed by atoms with E-state index in [1.807, 2.05) is 45.0 Å². The van der Waals surface area contributed by atoms with Crippen molar-refractivity contribution in [1.82, 2.24) is 15.2 Å². The quantitative estimate of drug-likeness (QED) is 0.650. The van der Waals surface area contributed by atoms with Crippen LogP contribution in [0.1, 0.15) is 42.9 Å². The van der Waals surface area contributed by atoms with E-state index < -0.39 is 6.23 Å². The van der Waals surface area contributed by atoms with Crippen LogP contribution in [0.5, 0.6) is 0 Å². The number of amides is 1. The molecule has 0 saturated heterocycles. The fourth-order valence-electron chi connectivity index (χ4n) is 4.02. The normalized spacial score (nSPS) is 18.6. The summed E-state index contributed by atoms with van der Waals surface area (Å²) >= 11 is 0. The molecule has 1 aromatic carbocycles. The smallest absolute Gasteiger partial charge is 0.253 e. The fourth-order valence-corrected chi connectivity index (χ4v) is 4.02. The third kappa shape index (κ3) is 3.95. The number of aromatic nitrogens is 1. The molecule has 0 fully saturated rings. The maximum atomic E-state index is 13.2. The first kappa shape index (κ1) is 21.9. The summed E-state index contributed by atoms with van der Waals surface area (Å²) in [5, 5.41) is 17.1. The summed E-state index contributed by atoms with van der Waals surface area (Å²) in [6.45, 7) is 8.08. The molecule has 2 heterocycles. The summed E-state index contributed by atoms with van der Waals surface area (Å²) in [7, 11) is 3.24. The lowest BCUT2D eigenvalue weighted by molar-refractivity contribution is 0.0783. The zero-order chi connectivity index (χ0) is 22.0. The molecule has 0 saturated carbocycles. The molecule has 162 valence electrons. The first-order chi connectivity index (χ1) is 14.3. The van der Waals surface area contributed by atoms with Crippen LogP contribution in [0.25, 0.3) is 10.9 Å². The molecule has 3 atom stereocenters. The molecule has 0 spiro atoms. The average Bonchev–Trinajstić information content (AvgIpc) is 3.02. The van der Waals surface area contributed by atoms with Crippen LogP contribution in [0.4, 0.5) is 0 Å². The van der Waals surface area contributed by atoms with E-state index in [-0.39, 0.29) is 24.6 Å². The number of benzene rings is 1. The number of carbonyl (C=O) groups excluding carboxylic acids is 1. The highest BCUT2D eigenvalue weighted by atomic mass is 16.5. The van der Waals surface area contributed by atoms with Crippen LogP contribution in [0.15, 0.2) is 47.4 Å². The molecule has 0 radical (unpaired) electrons. The molecular formula is C23H31N3O4. The second-order valence-electron chi connectivity index (χ2n) is 7.68. The fraction of sp³-hybridized carbons (Fsp3) is 0.435. The average molecular weight is 414 g/mol. The minimum absolute atomic E-state index is 0.0108. The Morgan fingerprint density at radius 3 is 2.63 bits per heavy atom. The molecule has 3 N–H and O–H groups in total. The molecule has 2 aromatic rings. The predicted molar refractivity (Wildman–Crippen MR) is 117 cm³/mol. The SMILES string of the molecule is COC1=C(CNC(=O)c2c(C)n(C(C)C(C)OC)c3ccccc23)C(O)NC(C)=C1. The van der Waals surface area contributed by atoms with Gasteiger partial charge in [-0.15, -0.1) is 0 Å². The lowest BCUT2D eigenvalue weighted by atomic mass is 10.1. The van der Waals surface area contributed by atoms with E-state index in [2.05, 4.69) is 22.1 Å². The van der Waals surface area contributed by atoms with E-state index in [4.69, 9.17) is 9.47 Å². The van der Waals surface area contributed by atoms with E-state index in [1.54, 1.807) is 20.3 Å². The van der Waals surface area contributed by atoms with Crippen LogP contribution in [0.2, 0.25) is 0 Å². The highest BCUT2D eigenvalue weighted by Crippen LogP contribution is 2.31. The van der Waals surface area contributed by atoms with Crippen molar-refractivity contribution in [2.75, 3.05) is 20.8 Å². The molecule has 3 unspecified atom stereocenters. The molecular weight excluding hydrogens is 382 g/mol. The third-order valence-corrected chi connectivity index (χ3v) is 5.86. The Bertz CT molecular complexity index is 1010. The molecule has 0 bridgehead atoms. The van der Waals surface area contributed by atoms with Crippen LogP contribution in [0, 0.1) is 6.92 Å². The minimum Gasteiger partial charge on any atom is -0.496 e. The Hall–Kier alpha value is -2.77. The van der Waals surface area contributed by atoms with Crippen LogP contribution in [0.3, 0.4) is 0 Å². The number of methoxy groups -OCH3 is 2. The number of rotatable bonds is 7. The number of aliphatic hydroxyl groups is 1. The Morgan fingerprint density at radius 1 is 1.27 bits per heavy atom. The molecule has 30 heavy (non-hydrogen) atoms. The molecule has 1 aliphatic rings. The number of hydrogen-bond donors (Lipinski definition) is 3. The van der Waals surface area contributed by atoms with Gasteiger partial charge in [0.15, 0.2) is 6.23 Å². The van der Waals surface area contributed by atoms with E-state index in [0.29, 0.717) is 16.9 Å². The van der Waals surface area contributed by atoms with Crippen LogP contribution in [-0.4, -0.2) is 48.7 Å². The van der Waals surface area contributed by atoms with Gasteiger partial charge in [0, 0.05) is 41.5 Å². The number of allylic oxidation sites excluding steroid dienone is 2. The molecule has 7 nitrogen and oxygen atoms in total. The van der Waals surface area contributed by atoms with Gasteiger partial charge in [-0.1, -0.05) is 18.2 Å². The van der Waals surface area contributed by atoms with E-state index >= 15 is 0 Å². The second kappa shape index (κ2) is 8.93. The van der Waals surface area contributed by atoms with Gasteiger partial charge in [0.1, 0.15) is 5.76 Å². The molecule has 7 heteroatoms. The van der Waals surface area contributed by atoms with Crippen LogP contribution < -0.4 is 10.6 Å². The summed E-state index contributed by atoms with van der Waals surface area (Å²) in [6.07, 6.45) is 0.887. The van der Waals surface area contributed by atoms with Crippen LogP contribution in [-0.2, 0) is 9.47 Å². The molecule has 1 aliphatic heterocycles. The monoisotopic (exact) mass is 413 g/mol. The number of carbonyl (C=O) groups is 1. The van der Waals surface area contributed by atoms with Crippen molar-refractivity contribution in [1.29, 1.82) is 0 Å². The molecule has 1 aromatic heterocycles. The van der Waals surface area contributed by atoms with Gasteiger partial charge in [0.2, 0.25) is 0 Å². The zero-order valence-electron chi connectivity index (χ0n) is 18.4. The van der Waals surface area contributed by atoms with E-state index in [1.165, 1.54) is 0 Å². The number of ether oxygens (including phenoxy) is 2. The lowest BCUT2D eigenvalue weighted by Gasteiger charge is -2.25. The van der Waals surface area contributed by atoms with E-state index in [0.717, 1.165) is 22.3 Å². The first-order valence-electron chi connectivity index (χ1n) is 10.1. The summed E-state index contributed by atoms with van der Waals surface area (Å²) in [4.78, 5) is 13.2. The van der Waals surface area contributed by atoms with Crippen molar-refractivity contribution >= 4 is 16.8 Å². The summed E-state index contributed by atoms with van der Waals surface area (Å²) in [6, 6.07) is 7.94. The van der Waals surface area contributed by atoms with Gasteiger partial charge in [-0.05, 0) is 39.8 Å². The van der Waals surface area contributed by atoms with Crippen molar-refractivity contribution in [3.05, 3.63) is 58.6 Å². The number of hydrogen-bond acceptors (Lipinski definition) is 5. The number of aliphatic hydroxyl groups excluding tert-OH is 1. The molecule has 0 aliphatic carbocycles. The maximum absolute atomic E-state index is 13.2. The van der Waals surface area contributed by atoms with Gasteiger partial charge in [0.25, 0.3) is 5.91 Å². The number of para-hydroxylation sites is 1. The summed E-state index contributed by atoms with van der Waals surface area (Å²) in [5.74, 6) is 0.363. The Kier molecular flexibility index (Phi) is 6.53. The zero-order valence-corrected chi connectivity index (χ0v) is 18.4. The highest BCUT2D eigenvalue weighted by Gasteiger charge is 2.26. The molecule has 1 amide bonds. The Labute approximate surface area is 177 Å². The van der Waals surface area contributed by atoms with Crippen molar-refractivity contribution in [2.45, 2.75) is 46.1 Å². The third-order valence-electron chi connectivity index (χ3n) is 5.86. The molecule has 3 rings (SSSR count). The second-order valence-corrected chi connectivity index (χ2v) is 7.68.